The number of ketones is 1. The normalized spacial score (nSPS) is 25.8. The van der Waals surface area contributed by atoms with Crippen LogP contribution in [0.25, 0.3) is 0 Å². The summed E-state index contributed by atoms with van der Waals surface area (Å²) in [6, 6.07) is 5.07. The van der Waals surface area contributed by atoms with Gasteiger partial charge in [-0.3, -0.25) is 19.3 Å². The number of amides is 3. The lowest BCUT2D eigenvalue weighted by atomic mass is 9.73. The van der Waals surface area contributed by atoms with Gasteiger partial charge in [-0.2, -0.15) is 0 Å². The van der Waals surface area contributed by atoms with E-state index in [0.29, 0.717) is 12.0 Å². The first kappa shape index (κ1) is 20.6. The molecule has 0 aromatic heterocycles. The van der Waals surface area contributed by atoms with Gasteiger partial charge in [0.15, 0.2) is 12.4 Å². The Kier molecular flexibility index (Phi) is 5.62. The van der Waals surface area contributed by atoms with Crippen LogP contribution < -0.4 is 5.32 Å². The molecule has 0 radical (unpaired) electrons. The number of imide groups is 1. The van der Waals surface area contributed by atoms with Crippen molar-refractivity contribution >= 4 is 23.7 Å². The topological polar surface area (TPSA) is 92.8 Å². The van der Waals surface area contributed by atoms with Crippen LogP contribution >= 0.6 is 0 Å². The van der Waals surface area contributed by atoms with Gasteiger partial charge in [-0.1, -0.05) is 31.9 Å². The highest BCUT2D eigenvalue weighted by atomic mass is 16.5. The molecule has 4 rings (SSSR count). The second-order valence-corrected chi connectivity index (χ2v) is 8.71. The minimum atomic E-state index is -0.908. The molecular weight excluding hydrogens is 384 g/mol. The van der Waals surface area contributed by atoms with Crippen molar-refractivity contribution in [1.82, 2.24) is 10.2 Å². The molecule has 0 unspecified atom stereocenters. The van der Waals surface area contributed by atoms with E-state index in [0.717, 1.165) is 43.4 Å². The summed E-state index contributed by atoms with van der Waals surface area (Å²) in [5.41, 5.74) is 2.08. The third-order valence-corrected chi connectivity index (χ3v) is 6.82. The third kappa shape index (κ3) is 3.73. The van der Waals surface area contributed by atoms with Gasteiger partial charge >= 0.3 is 12.0 Å². The number of carbonyl (C=O) groups is 4. The molecule has 2 aliphatic carbocycles. The van der Waals surface area contributed by atoms with Crippen molar-refractivity contribution in [2.45, 2.75) is 63.8 Å². The maximum absolute atomic E-state index is 12.9. The molecule has 1 heterocycles. The summed E-state index contributed by atoms with van der Waals surface area (Å²) >= 11 is 0. The van der Waals surface area contributed by atoms with Crippen molar-refractivity contribution in [3.8, 4) is 0 Å². The summed E-state index contributed by atoms with van der Waals surface area (Å²) in [6.45, 7) is 1.08. The number of ether oxygens (including phenoxy) is 1. The number of esters is 1. The fourth-order valence-electron chi connectivity index (χ4n) is 4.95. The van der Waals surface area contributed by atoms with Crippen molar-refractivity contribution in [1.29, 1.82) is 0 Å². The van der Waals surface area contributed by atoms with Crippen LogP contribution in [0, 0.1) is 5.92 Å². The average Bonchev–Trinajstić information content (AvgIpc) is 2.98. The number of fused-ring (bicyclic) bond motifs is 1. The van der Waals surface area contributed by atoms with Gasteiger partial charge in [0.2, 0.25) is 0 Å². The van der Waals surface area contributed by atoms with Crippen LogP contribution in [0.2, 0.25) is 0 Å². The molecule has 30 heavy (non-hydrogen) atoms. The lowest BCUT2D eigenvalue weighted by Crippen LogP contribution is -2.54. The van der Waals surface area contributed by atoms with Crippen molar-refractivity contribution in [3.05, 3.63) is 34.9 Å². The van der Waals surface area contributed by atoms with E-state index in [9.17, 15) is 19.2 Å². The SMILES string of the molecule is C[C@H]1CCCC[C@@]12NC(=O)N(CC(=O)OCC(=O)c1ccc3c(c1)CCCC3)C2=O. The average molecular weight is 412 g/mol. The van der Waals surface area contributed by atoms with Gasteiger partial charge in [0.1, 0.15) is 12.1 Å². The minimum absolute atomic E-state index is 0.0225. The maximum Gasteiger partial charge on any atom is 0.326 e. The van der Waals surface area contributed by atoms with E-state index in [1.165, 1.54) is 17.5 Å². The zero-order valence-electron chi connectivity index (χ0n) is 17.4. The van der Waals surface area contributed by atoms with Gasteiger partial charge < -0.3 is 10.1 Å². The molecular formula is C23H28N2O5. The summed E-state index contributed by atoms with van der Waals surface area (Å²) in [4.78, 5) is 50.9. The molecule has 3 amide bonds. The fraction of sp³-hybridized carbons (Fsp3) is 0.565. The Balaban J connectivity index is 1.34. The van der Waals surface area contributed by atoms with Crippen LogP contribution in [-0.2, 0) is 27.2 Å². The molecule has 2 fully saturated rings. The molecule has 1 spiro atoms. The van der Waals surface area contributed by atoms with E-state index < -0.39 is 30.7 Å². The predicted octanol–water partition coefficient (Wildman–Crippen LogP) is 2.79. The van der Waals surface area contributed by atoms with Gasteiger partial charge in [0.05, 0.1) is 0 Å². The molecule has 1 saturated heterocycles. The standard InChI is InChI=1S/C23H28N2O5/c1-15-6-4-5-11-23(15)21(28)25(22(29)24-23)13-20(27)30-14-19(26)18-10-9-16-7-2-3-8-17(16)12-18/h9-10,12,15H,2-8,11,13-14H2,1H3,(H,24,29)/t15-,23+/m0/s1. The van der Waals surface area contributed by atoms with E-state index >= 15 is 0 Å². The molecule has 1 aromatic rings. The van der Waals surface area contributed by atoms with E-state index in [4.69, 9.17) is 4.74 Å². The molecule has 1 aromatic carbocycles. The lowest BCUT2D eigenvalue weighted by molar-refractivity contribution is -0.147. The first-order chi connectivity index (χ1) is 14.4. The minimum Gasteiger partial charge on any atom is -0.456 e. The summed E-state index contributed by atoms with van der Waals surface area (Å²) in [7, 11) is 0. The van der Waals surface area contributed by atoms with Crippen molar-refractivity contribution in [2.75, 3.05) is 13.2 Å². The van der Waals surface area contributed by atoms with Crippen LogP contribution in [0.3, 0.4) is 0 Å². The van der Waals surface area contributed by atoms with Crippen molar-refractivity contribution < 1.29 is 23.9 Å². The quantitative estimate of drug-likeness (QED) is 0.456. The van der Waals surface area contributed by atoms with Crippen LogP contribution in [0.1, 0.15) is 66.9 Å². The van der Waals surface area contributed by atoms with E-state index in [1.807, 2.05) is 19.1 Å². The first-order valence-electron chi connectivity index (χ1n) is 10.9. The largest absolute Gasteiger partial charge is 0.456 e. The summed E-state index contributed by atoms with van der Waals surface area (Å²) in [6.07, 6.45) is 7.61. The molecule has 1 saturated carbocycles. The van der Waals surface area contributed by atoms with Crippen molar-refractivity contribution in [2.24, 2.45) is 5.92 Å². The number of carbonyl (C=O) groups excluding carboxylic acids is 4. The van der Waals surface area contributed by atoms with Gasteiger partial charge in [0, 0.05) is 5.56 Å². The lowest BCUT2D eigenvalue weighted by Gasteiger charge is -2.36. The Labute approximate surface area is 176 Å². The molecule has 0 bridgehead atoms. The smallest absolute Gasteiger partial charge is 0.326 e. The highest BCUT2D eigenvalue weighted by Gasteiger charge is 2.55. The highest BCUT2D eigenvalue weighted by Crippen LogP contribution is 2.38. The molecule has 1 aliphatic heterocycles. The molecule has 1 N–H and O–H groups in total. The zero-order valence-corrected chi connectivity index (χ0v) is 17.4. The number of nitrogens with one attached hydrogen (secondary N) is 1. The number of hydrogen-bond donors (Lipinski definition) is 1. The predicted molar refractivity (Wildman–Crippen MR) is 109 cm³/mol. The van der Waals surface area contributed by atoms with Gasteiger partial charge in [-0.05, 0) is 61.6 Å². The number of benzene rings is 1. The second kappa shape index (κ2) is 8.20. The Bertz CT molecular complexity index is 896. The van der Waals surface area contributed by atoms with Crippen LogP contribution in [0.15, 0.2) is 18.2 Å². The van der Waals surface area contributed by atoms with E-state index in [2.05, 4.69) is 5.32 Å². The van der Waals surface area contributed by atoms with E-state index in [-0.39, 0.29) is 17.6 Å². The number of rotatable bonds is 5. The molecule has 3 aliphatic rings. The molecule has 160 valence electrons. The Hall–Kier alpha value is -2.70. The fourth-order valence-corrected chi connectivity index (χ4v) is 4.95. The second-order valence-electron chi connectivity index (χ2n) is 8.71. The number of aryl methyl sites for hydroxylation is 2. The zero-order chi connectivity index (χ0) is 21.3. The Morgan fingerprint density at radius 1 is 1.13 bits per heavy atom. The number of nitrogens with zero attached hydrogens (tertiary/aromatic N) is 1. The monoisotopic (exact) mass is 412 g/mol. The summed E-state index contributed by atoms with van der Waals surface area (Å²) < 4.78 is 5.10. The Morgan fingerprint density at radius 3 is 2.67 bits per heavy atom. The Morgan fingerprint density at radius 2 is 1.90 bits per heavy atom. The van der Waals surface area contributed by atoms with Crippen LogP contribution in [0.5, 0.6) is 0 Å². The van der Waals surface area contributed by atoms with Gasteiger partial charge in [-0.15, -0.1) is 0 Å². The van der Waals surface area contributed by atoms with E-state index in [1.54, 1.807) is 6.07 Å². The van der Waals surface area contributed by atoms with Crippen LogP contribution in [0.4, 0.5) is 4.79 Å². The van der Waals surface area contributed by atoms with Crippen molar-refractivity contribution in [3.63, 3.8) is 0 Å². The molecule has 7 heteroatoms. The third-order valence-electron chi connectivity index (χ3n) is 6.82. The molecule has 7 nitrogen and oxygen atoms in total. The van der Waals surface area contributed by atoms with Crippen LogP contribution in [-0.4, -0.2) is 47.3 Å². The number of hydrogen-bond acceptors (Lipinski definition) is 5. The molecule has 2 atom stereocenters. The first-order valence-corrected chi connectivity index (χ1v) is 10.9. The maximum atomic E-state index is 12.9. The summed E-state index contributed by atoms with van der Waals surface area (Å²) in [5, 5.41) is 2.81. The summed E-state index contributed by atoms with van der Waals surface area (Å²) in [5.74, 6) is -1.39. The number of Topliss-reactive ketones (excluding diaryl/α,β-unsaturated/α-hetero) is 1. The number of urea groups is 1. The highest BCUT2D eigenvalue weighted by molar-refractivity contribution is 6.09. The van der Waals surface area contributed by atoms with Gasteiger partial charge in [-0.25, -0.2) is 4.79 Å². The van der Waals surface area contributed by atoms with Gasteiger partial charge in [0.25, 0.3) is 5.91 Å².